The van der Waals surface area contributed by atoms with Crippen molar-refractivity contribution in [2.24, 2.45) is 0 Å². The molecule has 4 heteroatoms. The van der Waals surface area contributed by atoms with Crippen molar-refractivity contribution in [3.05, 3.63) is 29.8 Å². The third kappa shape index (κ3) is 4.59. The Bertz CT molecular complexity index is 337. The zero-order chi connectivity index (χ0) is 12.0. The second-order valence-corrected chi connectivity index (χ2v) is 4.16. The number of aryl methyl sites for hydroxylation is 1. The number of thiocarbonyl (C=S) groups is 1. The van der Waals surface area contributed by atoms with Crippen LogP contribution >= 0.6 is 12.2 Å². The van der Waals surface area contributed by atoms with Crippen molar-refractivity contribution >= 4 is 23.0 Å². The summed E-state index contributed by atoms with van der Waals surface area (Å²) in [6, 6.07) is 8.09. The number of hydrogen-bond acceptors (Lipinski definition) is 2. The Morgan fingerprint density at radius 2 is 2.00 bits per heavy atom. The first-order chi connectivity index (χ1) is 7.61. The van der Waals surface area contributed by atoms with E-state index < -0.39 is 0 Å². The molecular formula is C12H18N2OS. The lowest BCUT2D eigenvalue weighted by Gasteiger charge is -2.14. The third-order valence-electron chi connectivity index (χ3n) is 2.26. The molecule has 1 atom stereocenters. The highest BCUT2D eigenvalue weighted by Gasteiger charge is 2.01. The third-order valence-corrected chi connectivity index (χ3v) is 2.51. The van der Waals surface area contributed by atoms with E-state index >= 15 is 0 Å². The van der Waals surface area contributed by atoms with Gasteiger partial charge in [-0.05, 0) is 38.2 Å². The molecule has 0 aromatic heterocycles. The molecule has 1 unspecified atom stereocenters. The van der Waals surface area contributed by atoms with Gasteiger partial charge in [-0.3, -0.25) is 0 Å². The van der Waals surface area contributed by atoms with E-state index in [4.69, 9.17) is 17.0 Å². The predicted molar refractivity (Wildman–Crippen MR) is 71.9 cm³/mol. The van der Waals surface area contributed by atoms with E-state index in [0.29, 0.717) is 11.7 Å². The van der Waals surface area contributed by atoms with Gasteiger partial charge in [-0.25, -0.2) is 0 Å². The average molecular weight is 238 g/mol. The van der Waals surface area contributed by atoms with E-state index in [1.165, 1.54) is 5.56 Å². The lowest BCUT2D eigenvalue weighted by atomic mass is 10.2. The highest BCUT2D eigenvalue weighted by Crippen LogP contribution is 2.08. The van der Waals surface area contributed by atoms with Gasteiger partial charge in [0, 0.05) is 19.3 Å². The fraction of sp³-hybridized carbons (Fsp3) is 0.417. The summed E-state index contributed by atoms with van der Waals surface area (Å²) in [5, 5.41) is 6.82. The first-order valence-electron chi connectivity index (χ1n) is 5.26. The summed E-state index contributed by atoms with van der Waals surface area (Å²) in [6.45, 7) is 4.75. The molecule has 1 aromatic rings. The summed E-state index contributed by atoms with van der Waals surface area (Å²) in [7, 11) is 1.68. The normalized spacial score (nSPS) is 11.9. The summed E-state index contributed by atoms with van der Waals surface area (Å²) >= 11 is 5.16. The molecule has 0 aliphatic heterocycles. The van der Waals surface area contributed by atoms with Gasteiger partial charge in [-0.15, -0.1) is 0 Å². The molecule has 0 aliphatic carbocycles. The summed E-state index contributed by atoms with van der Waals surface area (Å²) in [6.07, 6.45) is 0.151. The molecule has 3 nitrogen and oxygen atoms in total. The van der Waals surface area contributed by atoms with Crippen LogP contribution in [0.25, 0.3) is 0 Å². The maximum absolute atomic E-state index is 5.16. The first kappa shape index (κ1) is 12.9. The minimum Gasteiger partial charge on any atom is -0.380 e. The van der Waals surface area contributed by atoms with E-state index in [-0.39, 0.29) is 6.10 Å². The minimum atomic E-state index is 0.151. The quantitative estimate of drug-likeness (QED) is 0.789. The van der Waals surface area contributed by atoms with Gasteiger partial charge in [0.1, 0.15) is 0 Å². The number of benzene rings is 1. The van der Waals surface area contributed by atoms with Gasteiger partial charge in [0.15, 0.2) is 5.11 Å². The second kappa shape index (κ2) is 6.45. The van der Waals surface area contributed by atoms with Gasteiger partial charge >= 0.3 is 0 Å². The van der Waals surface area contributed by atoms with Crippen molar-refractivity contribution in [2.75, 3.05) is 19.0 Å². The van der Waals surface area contributed by atoms with Crippen LogP contribution < -0.4 is 10.6 Å². The fourth-order valence-electron chi connectivity index (χ4n) is 1.13. The van der Waals surface area contributed by atoms with E-state index in [1.54, 1.807) is 7.11 Å². The van der Waals surface area contributed by atoms with Crippen LogP contribution in [0.1, 0.15) is 12.5 Å². The van der Waals surface area contributed by atoms with Crippen LogP contribution in [0.2, 0.25) is 0 Å². The van der Waals surface area contributed by atoms with E-state index in [1.807, 2.05) is 31.2 Å². The molecular weight excluding hydrogens is 220 g/mol. The summed E-state index contributed by atoms with van der Waals surface area (Å²) in [5.41, 5.74) is 2.23. The zero-order valence-corrected chi connectivity index (χ0v) is 10.7. The van der Waals surface area contributed by atoms with Gasteiger partial charge in [0.25, 0.3) is 0 Å². The largest absolute Gasteiger partial charge is 0.380 e. The molecule has 0 amide bonds. The number of rotatable bonds is 4. The van der Waals surface area contributed by atoms with Crippen LogP contribution in [0.5, 0.6) is 0 Å². The van der Waals surface area contributed by atoms with Crippen LogP contribution in [0.3, 0.4) is 0 Å². The van der Waals surface area contributed by atoms with Crippen LogP contribution in [0, 0.1) is 6.92 Å². The van der Waals surface area contributed by atoms with Gasteiger partial charge in [0.05, 0.1) is 6.10 Å². The van der Waals surface area contributed by atoms with Crippen molar-refractivity contribution in [2.45, 2.75) is 20.0 Å². The average Bonchev–Trinajstić information content (AvgIpc) is 2.29. The Balaban J connectivity index is 2.37. The molecule has 0 aliphatic rings. The summed E-state index contributed by atoms with van der Waals surface area (Å²) in [4.78, 5) is 0. The van der Waals surface area contributed by atoms with E-state index in [2.05, 4.69) is 17.6 Å². The molecule has 0 spiro atoms. The Morgan fingerprint density at radius 3 is 2.56 bits per heavy atom. The maximum atomic E-state index is 5.16. The Hall–Kier alpha value is -1.13. The summed E-state index contributed by atoms with van der Waals surface area (Å²) in [5.74, 6) is 0. The van der Waals surface area contributed by atoms with Gasteiger partial charge < -0.3 is 15.4 Å². The number of nitrogens with one attached hydrogen (secondary N) is 2. The standard InChI is InChI=1S/C12H18N2OS/c1-9-4-6-11(7-5-9)14-12(16)13-8-10(2)15-3/h4-7,10H,8H2,1-3H3,(H2,13,14,16). The summed E-state index contributed by atoms with van der Waals surface area (Å²) < 4.78 is 5.12. The molecule has 0 saturated carbocycles. The van der Waals surface area contributed by atoms with Gasteiger partial charge in [-0.2, -0.15) is 0 Å². The smallest absolute Gasteiger partial charge is 0.170 e. The Labute approximate surface area is 102 Å². The lowest BCUT2D eigenvalue weighted by Crippen LogP contribution is -2.34. The monoisotopic (exact) mass is 238 g/mol. The topological polar surface area (TPSA) is 33.3 Å². The van der Waals surface area contributed by atoms with E-state index in [0.717, 1.165) is 5.69 Å². The van der Waals surface area contributed by atoms with Crippen molar-refractivity contribution in [3.8, 4) is 0 Å². The first-order valence-corrected chi connectivity index (χ1v) is 5.67. The second-order valence-electron chi connectivity index (χ2n) is 3.75. The van der Waals surface area contributed by atoms with Crippen LogP contribution in [0.15, 0.2) is 24.3 Å². The number of hydrogen-bond donors (Lipinski definition) is 2. The molecule has 1 aromatic carbocycles. The zero-order valence-electron chi connectivity index (χ0n) is 9.91. The fourth-order valence-corrected chi connectivity index (χ4v) is 1.33. The predicted octanol–water partition coefficient (Wildman–Crippen LogP) is 2.32. The number of methoxy groups -OCH3 is 1. The Kier molecular flexibility index (Phi) is 5.22. The van der Waals surface area contributed by atoms with Crippen LogP contribution in [-0.4, -0.2) is 24.9 Å². The van der Waals surface area contributed by atoms with Crippen molar-refractivity contribution in [1.29, 1.82) is 0 Å². The Morgan fingerprint density at radius 1 is 1.38 bits per heavy atom. The minimum absolute atomic E-state index is 0.151. The number of anilines is 1. The van der Waals surface area contributed by atoms with Crippen molar-refractivity contribution < 1.29 is 4.74 Å². The van der Waals surface area contributed by atoms with Crippen LogP contribution in [-0.2, 0) is 4.74 Å². The molecule has 0 heterocycles. The molecule has 0 fully saturated rings. The SMILES string of the molecule is COC(C)CNC(=S)Nc1ccc(C)cc1. The van der Waals surface area contributed by atoms with Gasteiger partial charge in [-0.1, -0.05) is 17.7 Å². The molecule has 2 N–H and O–H groups in total. The van der Waals surface area contributed by atoms with Crippen LogP contribution in [0.4, 0.5) is 5.69 Å². The number of ether oxygens (including phenoxy) is 1. The molecule has 0 bridgehead atoms. The molecule has 0 saturated heterocycles. The molecule has 1 rings (SSSR count). The highest BCUT2D eigenvalue weighted by molar-refractivity contribution is 7.80. The lowest BCUT2D eigenvalue weighted by molar-refractivity contribution is 0.121. The van der Waals surface area contributed by atoms with Crippen molar-refractivity contribution in [1.82, 2.24) is 5.32 Å². The van der Waals surface area contributed by atoms with Gasteiger partial charge in [0.2, 0.25) is 0 Å². The molecule has 16 heavy (non-hydrogen) atoms. The van der Waals surface area contributed by atoms with Crippen molar-refractivity contribution in [3.63, 3.8) is 0 Å². The highest BCUT2D eigenvalue weighted by atomic mass is 32.1. The molecule has 88 valence electrons. The maximum Gasteiger partial charge on any atom is 0.170 e. The molecule has 0 radical (unpaired) electrons. The van der Waals surface area contributed by atoms with E-state index in [9.17, 15) is 0 Å².